The van der Waals surface area contributed by atoms with Crippen LogP contribution in [-0.2, 0) is 9.59 Å². The molecule has 2 heterocycles. The van der Waals surface area contributed by atoms with Crippen LogP contribution in [0.25, 0.3) is 6.08 Å². The van der Waals surface area contributed by atoms with Crippen LogP contribution in [0.3, 0.4) is 0 Å². The summed E-state index contributed by atoms with van der Waals surface area (Å²) >= 11 is 10.4. The Hall–Kier alpha value is -3.11. The van der Waals surface area contributed by atoms with Gasteiger partial charge in [-0.3, -0.25) is 20.2 Å². The lowest BCUT2D eigenvalue weighted by Gasteiger charge is -2.16. The molecule has 138 valence electrons. The Morgan fingerprint density at radius 1 is 1.22 bits per heavy atom. The van der Waals surface area contributed by atoms with Crippen molar-refractivity contribution in [3.63, 3.8) is 0 Å². The number of ether oxygens (including phenoxy) is 2. The van der Waals surface area contributed by atoms with E-state index in [2.05, 4.69) is 20.6 Å². The molecule has 1 aliphatic rings. The number of halogens is 2. The van der Waals surface area contributed by atoms with Gasteiger partial charge in [-0.2, -0.15) is 9.37 Å². The van der Waals surface area contributed by atoms with Gasteiger partial charge in [0.05, 0.1) is 13.3 Å². The topological polar surface area (TPSA) is 102 Å². The largest absolute Gasteiger partial charge is 0.493 e. The van der Waals surface area contributed by atoms with Crippen molar-refractivity contribution < 1.29 is 23.5 Å². The number of nitrogens with one attached hydrogen (secondary N) is 2. The van der Waals surface area contributed by atoms with Gasteiger partial charge in [0, 0.05) is 0 Å². The Bertz CT molecular complexity index is 976. The number of amides is 2. The Labute approximate surface area is 162 Å². The Morgan fingerprint density at radius 2 is 1.93 bits per heavy atom. The van der Waals surface area contributed by atoms with Crippen LogP contribution >= 0.6 is 23.8 Å². The van der Waals surface area contributed by atoms with Crippen LogP contribution in [-0.4, -0.2) is 34.0 Å². The average Bonchev–Trinajstić information content (AvgIpc) is 2.62. The molecule has 1 aliphatic heterocycles. The predicted molar refractivity (Wildman–Crippen MR) is 96.9 cm³/mol. The number of methoxy groups -OCH3 is 1. The third kappa shape index (κ3) is 4.18. The number of benzene rings is 1. The minimum atomic E-state index is -0.806. The molecule has 11 heteroatoms. The summed E-state index contributed by atoms with van der Waals surface area (Å²) in [7, 11) is 1.38. The fourth-order valence-corrected chi connectivity index (χ4v) is 2.45. The van der Waals surface area contributed by atoms with Gasteiger partial charge in [-0.05, 0) is 47.6 Å². The molecule has 0 aliphatic carbocycles. The second-order valence-corrected chi connectivity index (χ2v) is 5.85. The van der Waals surface area contributed by atoms with Crippen LogP contribution in [0.15, 0.2) is 30.0 Å². The minimum absolute atomic E-state index is 0.0611. The molecule has 2 aromatic rings. The Balaban J connectivity index is 1.91. The van der Waals surface area contributed by atoms with Crippen LogP contribution in [0.2, 0.25) is 5.28 Å². The lowest BCUT2D eigenvalue weighted by Crippen LogP contribution is -2.51. The minimum Gasteiger partial charge on any atom is -0.493 e. The van der Waals surface area contributed by atoms with E-state index >= 15 is 0 Å². The Kier molecular flexibility index (Phi) is 5.28. The number of thiocarbonyl (C=S) groups is 1. The third-order valence-electron chi connectivity index (χ3n) is 3.33. The molecule has 0 unspecified atom stereocenters. The monoisotopic (exact) mass is 408 g/mol. The fourth-order valence-electron chi connectivity index (χ4n) is 2.14. The Morgan fingerprint density at radius 3 is 2.59 bits per heavy atom. The van der Waals surface area contributed by atoms with Crippen molar-refractivity contribution in [2.45, 2.75) is 0 Å². The molecule has 0 saturated carbocycles. The van der Waals surface area contributed by atoms with E-state index in [1.807, 2.05) is 0 Å². The molecule has 0 bridgehead atoms. The van der Waals surface area contributed by atoms with Crippen LogP contribution < -0.4 is 20.1 Å². The van der Waals surface area contributed by atoms with E-state index in [1.165, 1.54) is 25.3 Å². The highest BCUT2D eigenvalue weighted by molar-refractivity contribution is 7.80. The molecule has 1 aromatic heterocycles. The first-order valence-corrected chi connectivity index (χ1v) is 8.08. The lowest BCUT2D eigenvalue weighted by atomic mass is 10.1. The summed E-state index contributed by atoms with van der Waals surface area (Å²) in [5.41, 5.74) is 0.335. The number of carbonyl (C=O) groups is 2. The van der Waals surface area contributed by atoms with Crippen molar-refractivity contribution in [3.8, 4) is 17.4 Å². The van der Waals surface area contributed by atoms with Crippen molar-refractivity contribution in [2.75, 3.05) is 7.11 Å². The van der Waals surface area contributed by atoms with E-state index in [0.29, 0.717) is 5.56 Å². The van der Waals surface area contributed by atoms with Gasteiger partial charge in [-0.1, -0.05) is 6.07 Å². The zero-order valence-corrected chi connectivity index (χ0v) is 15.2. The first kappa shape index (κ1) is 18.7. The van der Waals surface area contributed by atoms with Gasteiger partial charge in [-0.25, -0.2) is 4.98 Å². The maximum absolute atomic E-state index is 13.7. The summed E-state index contributed by atoms with van der Waals surface area (Å²) in [5.74, 6) is -2.07. The fraction of sp³-hybridized carbons (Fsp3) is 0.0625. The second kappa shape index (κ2) is 7.64. The highest BCUT2D eigenvalue weighted by Gasteiger charge is 2.25. The van der Waals surface area contributed by atoms with E-state index < -0.39 is 17.6 Å². The summed E-state index contributed by atoms with van der Waals surface area (Å²) in [5, 5.41) is 4.42. The maximum atomic E-state index is 13.7. The van der Waals surface area contributed by atoms with Crippen molar-refractivity contribution in [3.05, 3.63) is 46.6 Å². The van der Waals surface area contributed by atoms with Crippen molar-refractivity contribution in [1.29, 1.82) is 0 Å². The first-order chi connectivity index (χ1) is 12.9. The summed E-state index contributed by atoms with van der Waals surface area (Å²) < 4.78 is 24.3. The molecule has 1 aromatic carbocycles. The van der Waals surface area contributed by atoms with Gasteiger partial charge in [0.2, 0.25) is 11.1 Å². The quantitative estimate of drug-likeness (QED) is 0.345. The van der Waals surface area contributed by atoms with Crippen LogP contribution in [0.1, 0.15) is 5.56 Å². The summed E-state index contributed by atoms with van der Waals surface area (Å²) in [6, 6.07) is 4.50. The summed E-state index contributed by atoms with van der Waals surface area (Å²) in [4.78, 5) is 31.0. The molecule has 1 fully saturated rings. The molecule has 0 spiro atoms. The van der Waals surface area contributed by atoms with E-state index in [-0.39, 0.29) is 33.3 Å². The molecule has 0 radical (unpaired) electrons. The SMILES string of the molecule is COc1cc(C=C2C(=O)NC(=S)NC2=O)ccc1Oc1nc(Cl)ncc1F. The predicted octanol–water partition coefficient (Wildman–Crippen LogP) is 1.98. The molecule has 2 N–H and O–H groups in total. The normalized spacial score (nSPS) is 13.7. The number of hydrogen-bond acceptors (Lipinski definition) is 7. The van der Waals surface area contributed by atoms with Gasteiger partial charge < -0.3 is 9.47 Å². The molecule has 3 rings (SSSR count). The van der Waals surface area contributed by atoms with Gasteiger partial charge in [0.1, 0.15) is 5.57 Å². The number of carbonyl (C=O) groups excluding carboxylic acids is 2. The van der Waals surface area contributed by atoms with Gasteiger partial charge in [0.15, 0.2) is 16.6 Å². The highest BCUT2D eigenvalue weighted by atomic mass is 35.5. The van der Waals surface area contributed by atoms with Crippen LogP contribution in [0.4, 0.5) is 4.39 Å². The smallest absolute Gasteiger partial charge is 0.263 e. The van der Waals surface area contributed by atoms with Crippen molar-refractivity contribution >= 4 is 46.8 Å². The van der Waals surface area contributed by atoms with Crippen molar-refractivity contribution in [1.82, 2.24) is 20.6 Å². The van der Waals surface area contributed by atoms with Crippen LogP contribution in [0.5, 0.6) is 17.4 Å². The maximum Gasteiger partial charge on any atom is 0.263 e. The molecule has 1 saturated heterocycles. The molecular weight excluding hydrogens is 399 g/mol. The van der Waals surface area contributed by atoms with E-state index in [0.717, 1.165) is 6.20 Å². The number of aromatic nitrogens is 2. The van der Waals surface area contributed by atoms with E-state index in [4.69, 9.17) is 33.3 Å². The standard InChI is InChI=1S/C16H10ClFN4O4S/c1-25-11-5-7(4-8-12(23)20-16(27)21-13(8)24)2-3-10(11)26-14-9(18)6-19-15(17)22-14/h2-6H,1H3,(H2,20,21,23,24,27). The molecule has 0 atom stereocenters. The molecular formula is C16H10ClFN4O4S. The van der Waals surface area contributed by atoms with Crippen LogP contribution in [0, 0.1) is 5.82 Å². The highest BCUT2D eigenvalue weighted by Crippen LogP contribution is 2.33. The first-order valence-electron chi connectivity index (χ1n) is 7.29. The van der Waals surface area contributed by atoms with Gasteiger partial charge in [0.25, 0.3) is 17.7 Å². The zero-order chi connectivity index (χ0) is 19.6. The van der Waals surface area contributed by atoms with Gasteiger partial charge >= 0.3 is 0 Å². The molecule has 27 heavy (non-hydrogen) atoms. The zero-order valence-electron chi connectivity index (χ0n) is 13.6. The van der Waals surface area contributed by atoms with Gasteiger partial charge in [-0.15, -0.1) is 0 Å². The molecule has 2 amide bonds. The summed E-state index contributed by atoms with van der Waals surface area (Å²) in [6.45, 7) is 0. The number of rotatable bonds is 4. The second-order valence-electron chi connectivity index (χ2n) is 5.10. The number of nitrogens with zero attached hydrogens (tertiary/aromatic N) is 2. The lowest BCUT2D eigenvalue weighted by molar-refractivity contribution is -0.123. The van der Waals surface area contributed by atoms with Crippen molar-refractivity contribution in [2.24, 2.45) is 0 Å². The third-order valence-corrected chi connectivity index (χ3v) is 3.72. The van der Waals surface area contributed by atoms with E-state index in [9.17, 15) is 14.0 Å². The molecule has 8 nitrogen and oxygen atoms in total. The number of hydrogen-bond donors (Lipinski definition) is 2. The average molecular weight is 409 g/mol. The summed E-state index contributed by atoms with van der Waals surface area (Å²) in [6.07, 6.45) is 2.22. The van der Waals surface area contributed by atoms with E-state index in [1.54, 1.807) is 6.07 Å².